The fourth-order valence-corrected chi connectivity index (χ4v) is 3.92. The number of hydrogen-bond donors (Lipinski definition) is 2. The van der Waals surface area contributed by atoms with Crippen LogP contribution in [0.2, 0.25) is 0 Å². The van der Waals surface area contributed by atoms with Crippen LogP contribution >= 0.6 is 12.4 Å². The summed E-state index contributed by atoms with van der Waals surface area (Å²) in [6.45, 7) is 6.12. The second-order valence-electron chi connectivity index (χ2n) is 7.56. The fraction of sp³-hybridized carbons (Fsp3) is 0.364. The Hall–Kier alpha value is -2.93. The first kappa shape index (κ1) is 21.8. The predicted octanol–water partition coefficient (Wildman–Crippen LogP) is 3.72. The number of methoxy groups -OCH3 is 1. The Morgan fingerprint density at radius 1 is 1.03 bits per heavy atom. The monoisotopic (exact) mass is 428 g/mol. The van der Waals surface area contributed by atoms with E-state index in [0.29, 0.717) is 5.96 Å². The van der Waals surface area contributed by atoms with Crippen LogP contribution in [0.1, 0.15) is 24.0 Å². The zero-order chi connectivity index (χ0) is 20.4. The van der Waals surface area contributed by atoms with Crippen LogP contribution in [0, 0.1) is 13.8 Å². The van der Waals surface area contributed by atoms with E-state index in [9.17, 15) is 0 Å². The van der Waals surface area contributed by atoms with Crippen LogP contribution in [0.4, 0.5) is 11.4 Å². The molecule has 160 valence electrons. The smallest absolute Gasteiger partial charge is 0.222 e. The van der Waals surface area contributed by atoms with E-state index >= 15 is 0 Å². The number of nitrogens with zero attached hydrogens (tertiary/aromatic N) is 4. The molecule has 0 saturated carbocycles. The summed E-state index contributed by atoms with van der Waals surface area (Å²) in [7, 11) is 1.67. The normalized spacial score (nSPS) is 18.4. The van der Waals surface area contributed by atoms with Gasteiger partial charge in [0.25, 0.3) is 0 Å². The summed E-state index contributed by atoms with van der Waals surface area (Å²) in [5, 5.41) is 3.54. The summed E-state index contributed by atoms with van der Waals surface area (Å²) < 4.78 is 5.33. The average Bonchev–Trinajstić information content (AvgIpc) is 3.22. The molecule has 0 radical (unpaired) electrons. The third kappa shape index (κ3) is 4.62. The highest BCUT2D eigenvalue weighted by Gasteiger charge is 2.32. The molecular weight excluding hydrogens is 400 g/mol. The fourth-order valence-electron chi connectivity index (χ4n) is 3.92. The maximum atomic E-state index is 6.13. The molecule has 1 saturated heterocycles. The van der Waals surface area contributed by atoms with Gasteiger partial charge >= 0.3 is 0 Å². The molecule has 0 spiro atoms. The summed E-state index contributed by atoms with van der Waals surface area (Å²) in [6.07, 6.45) is 1.92. The van der Waals surface area contributed by atoms with Gasteiger partial charge < -0.3 is 20.7 Å². The van der Waals surface area contributed by atoms with Crippen molar-refractivity contribution < 1.29 is 4.74 Å². The van der Waals surface area contributed by atoms with Crippen LogP contribution in [0.15, 0.2) is 52.4 Å². The number of rotatable bonds is 4. The van der Waals surface area contributed by atoms with Crippen LogP contribution in [-0.4, -0.2) is 43.3 Å². The van der Waals surface area contributed by atoms with Crippen molar-refractivity contribution in [2.75, 3.05) is 30.4 Å². The van der Waals surface area contributed by atoms with Crippen molar-refractivity contribution in [2.24, 2.45) is 15.7 Å². The van der Waals surface area contributed by atoms with E-state index in [1.165, 1.54) is 11.1 Å². The third-order valence-corrected chi connectivity index (χ3v) is 5.19. The Kier molecular flexibility index (Phi) is 6.72. The van der Waals surface area contributed by atoms with Gasteiger partial charge in [0.15, 0.2) is 0 Å². The number of hydrogen-bond acceptors (Lipinski definition) is 7. The molecule has 0 aliphatic carbocycles. The van der Waals surface area contributed by atoms with Crippen molar-refractivity contribution >= 4 is 35.7 Å². The molecule has 0 amide bonds. The summed E-state index contributed by atoms with van der Waals surface area (Å²) in [4.78, 5) is 13.6. The first-order chi connectivity index (χ1) is 14.0. The molecule has 1 atom stereocenters. The number of aliphatic imine (C=N–C) groups is 2. The molecule has 7 nitrogen and oxygen atoms in total. The summed E-state index contributed by atoms with van der Waals surface area (Å²) >= 11 is 0. The maximum Gasteiger partial charge on any atom is 0.222 e. The molecule has 2 aromatic rings. The third-order valence-electron chi connectivity index (χ3n) is 5.19. The second kappa shape index (κ2) is 9.26. The number of anilines is 2. The van der Waals surface area contributed by atoms with Gasteiger partial charge in [0.1, 0.15) is 5.75 Å². The summed E-state index contributed by atoms with van der Waals surface area (Å²) in [5.74, 6) is 1.94. The Balaban J connectivity index is 0.00000256. The summed E-state index contributed by atoms with van der Waals surface area (Å²) in [5.41, 5.74) is 10.5. The molecule has 30 heavy (non-hydrogen) atoms. The molecule has 2 aliphatic rings. The molecular formula is C22H29ClN6O. The molecule has 1 fully saturated rings. The van der Waals surface area contributed by atoms with Gasteiger partial charge in [0.05, 0.1) is 7.11 Å². The molecule has 3 N–H and O–H groups in total. The van der Waals surface area contributed by atoms with E-state index in [0.717, 1.165) is 49.0 Å². The molecule has 1 unspecified atom stereocenters. The second-order valence-corrected chi connectivity index (χ2v) is 7.56. The van der Waals surface area contributed by atoms with Gasteiger partial charge in [-0.25, -0.2) is 4.99 Å². The standard InChI is InChI=1S/C22H28N6O.ClH/c1-15-12-16(2)14-17(13-15)24-21-25-20(23)26-22(27-10-4-5-11-27)28(21)18-6-8-19(29-3)9-7-18;/h6-9,12-14,21,24H,4-5,10-11H2,1-3H3,(H2,23,25);1H. The van der Waals surface area contributed by atoms with Crippen molar-refractivity contribution in [3.8, 4) is 5.75 Å². The Bertz CT molecular complexity index is 917. The lowest BCUT2D eigenvalue weighted by Crippen LogP contribution is -2.54. The zero-order valence-electron chi connectivity index (χ0n) is 17.6. The number of benzene rings is 2. The quantitative estimate of drug-likeness (QED) is 0.776. The highest BCUT2D eigenvalue weighted by atomic mass is 35.5. The minimum absolute atomic E-state index is 0. The number of nitrogens with two attached hydrogens (primary N) is 1. The number of halogens is 1. The van der Waals surface area contributed by atoms with Gasteiger partial charge in [-0.1, -0.05) is 6.07 Å². The molecule has 2 aromatic carbocycles. The lowest BCUT2D eigenvalue weighted by Gasteiger charge is -2.38. The number of nitrogens with one attached hydrogen (secondary N) is 1. The van der Waals surface area contributed by atoms with Crippen LogP contribution in [-0.2, 0) is 0 Å². The lowest BCUT2D eigenvalue weighted by atomic mass is 10.1. The van der Waals surface area contributed by atoms with Crippen LogP contribution in [0.3, 0.4) is 0 Å². The van der Waals surface area contributed by atoms with E-state index < -0.39 is 6.29 Å². The van der Waals surface area contributed by atoms with Gasteiger partial charge in [0, 0.05) is 24.5 Å². The maximum absolute atomic E-state index is 6.13. The number of ether oxygens (including phenoxy) is 1. The number of guanidine groups is 2. The Labute approximate surface area is 184 Å². The van der Waals surface area contributed by atoms with Crippen molar-refractivity contribution in [3.63, 3.8) is 0 Å². The highest BCUT2D eigenvalue weighted by molar-refractivity contribution is 6.06. The van der Waals surface area contributed by atoms with Gasteiger partial charge in [-0.15, -0.1) is 12.4 Å². The topological polar surface area (TPSA) is 78.5 Å². The van der Waals surface area contributed by atoms with E-state index in [4.69, 9.17) is 10.5 Å². The van der Waals surface area contributed by atoms with Crippen molar-refractivity contribution in [1.82, 2.24) is 4.90 Å². The number of likely N-dealkylation sites (tertiary alicyclic amines) is 1. The number of aryl methyl sites for hydroxylation is 2. The zero-order valence-corrected chi connectivity index (χ0v) is 18.4. The summed E-state index contributed by atoms with van der Waals surface area (Å²) in [6, 6.07) is 14.3. The molecule has 4 rings (SSSR count). The highest BCUT2D eigenvalue weighted by Crippen LogP contribution is 2.27. The van der Waals surface area contributed by atoms with Gasteiger partial charge in [-0.05, 0) is 74.2 Å². The Morgan fingerprint density at radius 3 is 2.27 bits per heavy atom. The van der Waals surface area contributed by atoms with Gasteiger partial charge in [-0.2, -0.15) is 4.99 Å². The average molecular weight is 429 g/mol. The van der Waals surface area contributed by atoms with Crippen LogP contribution in [0.5, 0.6) is 5.75 Å². The van der Waals surface area contributed by atoms with Crippen LogP contribution in [0.25, 0.3) is 0 Å². The largest absolute Gasteiger partial charge is 0.497 e. The van der Waals surface area contributed by atoms with E-state index in [1.807, 2.05) is 24.3 Å². The van der Waals surface area contributed by atoms with Gasteiger partial charge in [0.2, 0.25) is 18.2 Å². The van der Waals surface area contributed by atoms with E-state index in [2.05, 4.69) is 57.1 Å². The molecule has 2 aliphatic heterocycles. The van der Waals surface area contributed by atoms with E-state index in [1.54, 1.807) is 7.11 Å². The SMILES string of the molecule is COc1ccc(N2C(N3CCCC3)=NC(N)=NC2Nc2cc(C)cc(C)c2)cc1.Cl. The minimum atomic E-state index is -0.391. The Morgan fingerprint density at radius 2 is 1.67 bits per heavy atom. The first-order valence-electron chi connectivity index (χ1n) is 9.98. The van der Waals surface area contributed by atoms with E-state index in [-0.39, 0.29) is 12.4 Å². The van der Waals surface area contributed by atoms with Crippen molar-refractivity contribution in [2.45, 2.75) is 33.0 Å². The first-order valence-corrected chi connectivity index (χ1v) is 9.98. The molecule has 8 heteroatoms. The molecule has 0 aromatic heterocycles. The minimum Gasteiger partial charge on any atom is -0.497 e. The molecule has 2 heterocycles. The predicted molar refractivity (Wildman–Crippen MR) is 126 cm³/mol. The van der Waals surface area contributed by atoms with Crippen molar-refractivity contribution in [1.29, 1.82) is 0 Å². The lowest BCUT2D eigenvalue weighted by molar-refractivity contribution is 0.415. The van der Waals surface area contributed by atoms with Crippen LogP contribution < -0.4 is 20.7 Å². The van der Waals surface area contributed by atoms with Gasteiger partial charge in [-0.3, -0.25) is 4.90 Å². The molecule has 0 bridgehead atoms. The van der Waals surface area contributed by atoms with Crippen molar-refractivity contribution in [3.05, 3.63) is 53.6 Å².